The predicted molar refractivity (Wildman–Crippen MR) is 54.8 cm³/mol. The molecule has 0 atom stereocenters. The highest BCUT2D eigenvalue weighted by atomic mass is 79.9. The highest BCUT2D eigenvalue weighted by Gasteiger charge is 2.42. The molecular formula is C10H9BrN2O. The van der Waals surface area contributed by atoms with Crippen molar-refractivity contribution >= 4 is 15.9 Å². The number of ether oxygens (including phenoxy) is 1. The highest BCUT2D eigenvalue weighted by molar-refractivity contribution is 9.10. The minimum atomic E-state index is -0.508. The number of aryl methyl sites for hydroxylation is 1. The van der Waals surface area contributed by atoms with Crippen LogP contribution in [0, 0.1) is 18.3 Å². The van der Waals surface area contributed by atoms with Crippen molar-refractivity contribution in [1.82, 2.24) is 4.98 Å². The van der Waals surface area contributed by atoms with E-state index >= 15 is 0 Å². The smallest absolute Gasteiger partial charge is 0.145 e. The maximum Gasteiger partial charge on any atom is 0.145 e. The second-order valence-corrected chi connectivity index (χ2v) is 4.30. The van der Waals surface area contributed by atoms with Crippen LogP contribution >= 0.6 is 15.9 Å². The van der Waals surface area contributed by atoms with Crippen LogP contribution in [0.25, 0.3) is 0 Å². The van der Waals surface area contributed by atoms with Gasteiger partial charge >= 0.3 is 0 Å². The zero-order valence-electron chi connectivity index (χ0n) is 7.75. The predicted octanol–water partition coefficient (Wildman–Crippen LogP) is 1.94. The minimum absolute atomic E-state index is 0.456. The topological polar surface area (TPSA) is 45.9 Å². The molecular weight excluding hydrogens is 244 g/mol. The Kier molecular flexibility index (Phi) is 2.30. The summed E-state index contributed by atoms with van der Waals surface area (Å²) >= 11 is 3.38. The second kappa shape index (κ2) is 3.34. The van der Waals surface area contributed by atoms with Crippen LogP contribution in [0.2, 0.25) is 0 Å². The van der Waals surface area contributed by atoms with Crippen LogP contribution in [-0.2, 0) is 10.2 Å². The first-order chi connectivity index (χ1) is 6.68. The Hall–Kier alpha value is -0.920. The fourth-order valence-electron chi connectivity index (χ4n) is 1.39. The molecule has 2 heterocycles. The molecule has 4 heteroatoms. The Bertz CT molecular complexity index is 407. The summed E-state index contributed by atoms with van der Waals surface area (Å²) in [5.41, 5.74) is 1.21. The number of pyridine rings is 1. The molecule has 2 rings (SSSR count). The molecule has 72 valence electrons. The fourth-order valence-corrected chi connectivity index (χ4v) is 1.61. The third-order valence-corrected chi connectivity index (χ3v) is 3.26. The molecule has 14 heavy (non-hydrogen) atoms. The lowest BCUT2D eigenvalue weighted by Gasteiger charge is -2.34. The van der Waals surface area contributed by atoms with E-state index in [1.54, 1.807) is 0 Å². The van der Waals surface area contributed by atoms with Crippen molar-refractivity contribution in [3.63, 3.8) is 0 Å². The minimum Gasteiger partial charge on any atom is -0.377 e. The van der Waals surface area contributed by atoms with Gasteiger partial charge in [-0.1, -0.05) is 0 Å². The maximum atomic E-state index is 9.07. The Labute approximate surface area is 90.8 Å². The number of nitrogens with zero attached hydrogens (tertiary/aromatic N) is 2. The largest absolute Gasteiger partial charge is 0.377 e. The number of hydrogen-bond acceptors (Lipinski definition) is 3. The first kappa shape index (κ1) is 9.63. The Balaban J connectivity index is 2.42. The molecule has 0 bridgehead atoms. The summed E-state index contributed by atoms with van der Waals surface area (Å²) in [6.45, 7) is 2.83. The van der Waals surface area contributed by atoms with Gasteiger partial charge in [0.15, 0.2) is 0 Å². The molecule has 1 aromatic heterocycles. The van der Waals surface area contributed by atoms with E-state index in [-0.39, 0.29) is 0 Å². The average molecular weight is 253 g/mol. The summed E-state index contributed by atoms with van der Waals surface area (Å²) in [7, 11) is 0. The summed E-state index contributed by atoms with van der Waals surface area (Å²) in [5.74, 6) is 0. The molecule has 0 amide bonds. The van der Waals surface area contributed by atoms with Crippen molar-refractivity contribution in [2.75, 3.05) is 13.2 Å². The Morgan fingerprint density at radius 2 is 2.29 bits per heavy atom. The van der Waals surface area contributed by atoms with Gasteiger partial charge in [0.25, 0.3) is 0 Å². The van der Waals surface area contributed by atoms with Crippen molar-refractivity contribution in [2.24, 2.45) is 0 Å². The lowest BCUT2D eigenvalue weighted by atomic mass is 9.84. The van der Waals surface area contributed by atoms with Crippen LogP contribution in [-0.4, -0.2) is 18.2 Å². The Morgan fingerprint density at radius 3 is 2.71 bits per heavy atom. The van der Waals surface area contributed by atoms with Gasteiger partial charge in [-0.15, -0.1) is 0 Å². The summed E-state index contributed by atoms with van der Waals surface area (Å²) in [4.78, 5) is 4.39. The molecule has 0 aliphatic carbocycles. The van der Waals surface area contributed by atoms with Crippen molar-refractivity contribution < 1.29 is 4.74 Å². The molecule has 1 saturated heterocycles. The van der Waals surface area contributed by atoms with Gasteiger partial charge in [-0.05, 0) is 35.0 Å². The van der Waals surface area contributed by atoms with Gasteiger partial charge in [0.1, 0.15) is 5.41 Å². The number of aromatic nitrogens is 1. The van der Waals surface area contributed by atoms with Crippen LogP contribution < -0.4 is 0 Å². The second-order valence-electron chi connectivity index (χ2n) is 3.45. The van der Waals surface area contributed by atoms with Crippen molar-refractivity contribution in [3.05, 3.63) is 28.0 Å². The monoisotopic (exact) mass is 252 g/mol. The molecule has 0 unspecified atom stereocenters. The lowest BCUT2D eigenvalue weighted by Crippen LogP contribution is -2.46. The van der Waals surface area contributed by atoms with Crippen LogP contribution in [0.4, 0.5) is 0 Å². The van der Waals surface area contributed by atoms with E-state index < -0.39 is 5.41 Å². The SMILES string of the molecule is Cc1nc(C2(C#N)COC2)ccc1Br. The van der Waals surface area contributed by atoms with Crippen LogP contribution in [0.1, 0.15) is 11.4 Å². The van der Waals surface area contributed by atoms with Gasteiger partial charge in [0, 0.05) is 4.47 Å². The van der Waals surface area contributed by atoms with Crippen LogP contribution in [0.3, 0.4) is 0 Å². The van der Waals surface area contributed by atoms with E-state index in [1.807, 2.05) is 19.1 Å². The summed E-state index contributed by atoms with van der Waals surface area (Å²) < 4.78 is 6.05. The summed E-state index contributed by atoms with van der Waals surface area (Å²) in [6, 6.07) is 6.08. The molecule has 1 aliphatic heterocycles. The van der Waals surface area contributed by atoms with Gasteiger partial charge in [-0.3, -0.25) is 4.98 Å². The standard InChI is InChI=1S/C10H9BrN2O/c1-7-8(11)2-3-9(13-7)10(4-12)5-14-6-10/h2-3H,5-6H2,1H3. The number of hydrogen-bond donors (Lipinski definition) is 0. The quantitative estimate of drug-likeness (QED) is 0.768. The van der Waals surface area contributed by atoms with E-state index in [0.717, 1.165) is 15.9 Å². The molecule has 0 radical (unpaired) electrons. The third-order valence-electron chi connectivity index (χ3n) is 2.42. The normalized spacial score (nSPS) is 18.4. The van der Waals surface area contributed by atoms with Crippen molar-refractivity contribution in [3.8, 4) is 6.07 Å². The molecule has 0 spiro atoms. The number of rotatable bonds is 1. The first-order valence-electron chi connectivity index (χ1n) is 4.30. The van der Waals surface area contributed by atoms with E-state index in [0.29, 0.717) is 13.2 Å². The third kappa shape index (κ3) is 1.33. The molecule has 0 aromatic carbocycles. The molecule has 0 N–H and O–H groups in total. The molecule has 1 fully saturated rings. The van der Waals surface area contributed by atoms with E-state index in [1.165, 1.54) is 0 Å². The van der Waals surface area contributed by atoms with E-state index in [4.69, 9.17) is 10.00 Å². The van der Waals surface area contributed by atoms with Crippen LogP contribution in [0.5, 0.6) is 0 Å². The summed E-state index contributed by atoms with van der Waals surface area (Å²) in [6.07, 6.45) is 0. The van der Waals surface area contributed by atoms with Gasteiger partial charge in [0.05, 0.1) is 30.7 Å². The van der Waals surface area contributed by atoms with Gasteiger partial charge < -0.3 is 4.74 Å². The summed E-state index contributed by atoms with van der Waals surface area (Å²) in [5, 5.41) is 9.07. The maximum absolute atomic E-state index is 9.07. The Morgan fingerprint density at radius 1 is 1.57 bits per heavy atom. The van der Waals surface area contributed by atoms with Gasteiger partial charge in [-0.2, -0.15) is 5.26 Å². The zero-order valence-corrected chi connectivity index (χ0v) is 9.34. The van der Waals surface area contributed by atoms with Gasteiger partial charge in [-0.25, -0.2) is 0 Å². The van der Waals surface area contributed by atoms with Crippen molar-refractivity contribution in [2.45, 2.75) is 12.3 Å². The molecule has 3 nitrogen and oxygen atoms in total. The molecule has 0 saturated carbocycles. The fraction of sp³-hybridized carbons (Fsp3) is 0.400. The molecule has 1 aromatic rings. The van der Waals surface area contributed by atoms with Crippen molar-refractivity contribution in [1.29, 1.82) is 5.26 Å². The van der Waals surface area contributed by atoms with Crippen LogP contribution in [0.15, 0.2) is 16.6 Å². The average Bonchev–Trinajstić information content (AvgIpc) is 2.10. The van der Waals surface area contributed by atoms with E-state index in [2.05, 4.69) is 27.0 Å². The highest BCUT2D eigenvalue weighted by Crippen LogP contribution is 2.31. The van der Waals surface area contributed by atoms with Gasteiger partial charge in [0.2, 0.25) is 0 Å². The first-order valence-corrected chi connectivity index (χ1v) is 5.10. The lowest BCUT2D eigenvalue weighted by molar-refractivity contribution is -0.0318. The number of nitriles is 1. The van der Waals surface area contributed by atoms with E-state index in [9.17, 15) is 0 Å². The number of halogens is 1. The zero-order chi connectivity index (χ0) is 10.2. The molecule has 1 aliphatic rings.